The van der Waals surface area contributed by atoms with Crippen molar-refractivity contribution in [2.75, 3.05) is 13.7 Å². The minimum atomic E-state index is -0.950. The average Bonchev–Trinajstić information content (AvgIpc) is 2.69. The number of aromatic nitrogens is 2. The van der Waals surface area contributed by atoms with Gasteiger partial charge in [0.1, 0.15) is 17.4 Å². The summed E-state index contributed by atoms with van der Waals surface area (Å²) >= 11 is 0. The Kier molecular flexibility index (Phi) is 5.78. The first-order chi connectivity index (χ1) is 13.5. The van der Waals surface area contributed by atoms with Crippen LogP contribution in [-0.2, 0) is 6.54 Å². The van der Waals surface area contributed by atoms with Crippen LogP contribution >= 0.6 is 0 Å². The predicted molar refractivity (Wildman–Crippen MR) is 99.2 cm³/mol. The summed E-state index contributed by atoms with van der Waals surface area (Å²) in [5, 5.41) is 6.78. The molecule has 0 fully saturated rings. The summed E-state index contributed by atoms with van der Waals surface area (Å²) < 4.78 is 32.9. The van der Waals surface area contributed by atoms with E-state index in [9.17, 15) is 18.4 Å². The van der Waals surface area contributed by atoms with E-state index in [2.05, 4.69) is 10.4 Å². The zero-order chi connectivity index (χ0) is 20.1. The number of nitrogens with one attached hydrogen (secondary N) is 1. The van der Waals surface area contributed by atoms with Gasteiger partial charge in [-0.25, -0.2) is 13.5 Å². The molecule has 0 aliphatic heterocycles. The standard InChI is InChI=1S/C20H17F2N3O3/c1-28-15-5-2-13(3-6-15)18-8-9-19(26)25(24-18)11-10-23-20(27)16-7-4-14(21)12-17(16)22/h2-9,12H,10-11H2,1H3,(H,23,27). The molecular weight excluding hydrogens is 368 g/mol. The van der Waals surface area contributed by atoms with Gasteiger partial charge in [-0.05, 0) is 42.5 Å². The lowest BCUT2D eigenvalue weighted by Crippen LogP contribution is -2.32. The van der Waals surface area contributed by atoms with E-state index in [0.29, 0.717) is 17.5 Å². The Morgan fingerprint density at radius 2 is 1.86 bits per heavy atom. The van der Waals surface area contributed by atoms with E-state index in [1.165, 1.54) is 10.7 Å². The SMILES string of the molecule is COc1ccc(-c2ccc(=O)n(CCNC(=O)c3ccc(F)cc3F)n2)cc1. The quantitative estimate of drug-likeness (QED) is 0.708. The maximum Gasteiger partial charge on any atom is 0.266 e. The Morgan fingerprint density at radius 1 is 1.11 bits per heavy atom. The molecule has 0 spiro atoms. The van der Waals surface area contributed by atoms with Gasteiger partial charge in [0.05, 0.1) is 24.9 Å². The number of halogens is 2. The summed E-state index contributed by atoms with van der Waals surface area (Å²) in [6.07, 6.45) is 0. The van der Waals surface area contributed by atoms with Gasteiger partial charge in [-0.3, -0.25) is 9.59 Å². The molecule has 1 aromatic heterocycles. The van der Waals surface area contributed by atoms with Crippen molar-refractivity contribution >= 4 is 5.91 Å². The molecule has 0 atom stereocenters. The molecule has 3 rings (SSSR count). The second-order valence-corrected chi connectivity index (χ2v) is 5.89. The Labute approximate surface area is 159 Å². The van der Waals surface area contributed by atoms with Crippen LogP contribution < -0.4 is 15.6 Å². The van der Waals surface area contributed by atoms with Gasteiger partial charge in [-0.15, -0.1) is 0 Å². The van der Waals surface area contributed by atoms with Gasteiger partial charge in [-0.2, -0.15) is 5.10 Å². The van der Waals surface area contributed by atoms with E-state index in [1.807, 2.05) is 12.1 Å². The van der Waals surface area contributed by atoms with Gasteiger partial charge in [0, 0.05) is 24.2 Å². The molecule has 0 saturated heterocycles. The molecule has 3 aromatic rings. The van der Waals surface area contributed by atoms with E-state index >= 15 is 0 Å². The molecule has 144 valence electrons. The Bertz CT molecular complexity index is 1050. The highest BCUT2D eigenvalue weighted by atomic mass is 19.1. The van der Waals surface area contributed by atoms with Crippen LogP contribution in [0.25, 0.3) is 11.3 Å². The lowest BCUT2D eigenvalue weighted by atomic mass is 10.1. The van der Waals surface area contributed by atoms with Crippen LogP contribution in [0, 0.1) is 11.6 Å². The average molecular weight is 385 g/mol. The van der Waals surface area contributed by atoms with Crippen molar-refractivity contribution < 1.29 is 18.3 Å². The Balaban J connectivity index is 1.68. The summed E-state index contributed by atoms with van der Waals surface area (Å²) in [7, 11) is 1.57. The zero-order valence-electron chi connectivity index (χ0n) is 15.0. The van der Waals surface area contributed by atoms with Crippen molar-refractivity contribution in [3.05, 3.63) is 82.1 Å². The number of methoxy groups -OCH3 is 1. The first-order valence-electron chi connectivity index (χ1n) is 8.44. The Hall–Kier alpha value is -3.55. The molecule has 1 heterocycles. The number of benzene rings is 2. The molecule has 28 heavy (non-hydrogen) atoms. The number of carbonyl (C=O) groups is 1. The minimum absolute atomic E-state index is 0.0502. The van der Waals surface area contributed by atoms with Crippen molar-refractivity contribution in [3.63, 3.8) is 0 Å². The third-order valence-corrected chi connectivity index (χ3v) is 4.04. The van der Waals surface area contributed by atoms with Crippen LogP contribution in [-0.4, -0.2) is 29.3 Å². The molecule has 0 aliphatic carbocycles. The van der Waals surface area contributed by atoms with Crippen LogP contribution in [0.5, 0.6) is 5.75 Å². The molecule has 1 N–H and O–H groups in total. The van der Waals surface area contributed by atoms with E-state index in [4.69, 9.17) is 4.74 Å². The van der Waals surface area contributed by atoms with Crippen molar-refractivity contribution in [3.8, 4) is 17.0 Å². The second-order valence-electron chi connectivity index (χ2n) is 5.89. The summed E-state index contributed by atoms with van der Waals surface area (Å²) in [6, 6.07) is 12.9. The van der Waals surface area contributed by atoms with Crippen LogP contribution in [0.15, 0.2) is 59.4 Å². The fraction of sp³-hybridized carbons (Fsp3) is 0.150. The molecule has 8 heteroatoms. The lowest BCUT2D eigenvalue weighted by Gasteiger charge is -2.09. The first-order valence-corrected chi connectivity index (χ1v) is 8.44. The van der Waals surface area contributed by atoms with Gasteiger partial charge in [0.25, 0.3) is 11.5 Å². The fourth-order valence-corrected chi connectivity index (χ4v) is 2.57. The van der Waals surface area contributed by atoms with Crippen LogP contribution in [0.3, 0.4) is 0 Å². The van der Waals surface area contributed by atoms with Gasteiger partial charge in [0.2, 0.25) is 0 Å². The largest absolute Gasteiger partial charge is 0.497 e. The van der Waals surface area contributed by atoms with E-state index < -0.39 is 17.5 Å². The number of ether oxygens (including phenoxy) is 1. The van der Waals surface area contributed by atoms with E-state index in [0.717, 1.165) is 17.7 Å². The smallest absolute Gasteiger partial charge is 0.266 e. The molecule has 2 aromatic carbocycles. The fourth-order valence-electron chi connectivity index (χ4n) is 2.57. The Morgan fingerprint density at radius 3 is 2.54 bits per heavy atom. The second kappa shape index (κ2) is 8.43. The van der Waals surface area contributed by atoms with Crippen molar-refractivity contribution in [2.24, 2.45) is 0 Å². The summed E-state index contributed by atoms with van der Waals surface area (Å²) in [6.45, 7) is 0.145. The van der Waals surface area contributed by atoms with Gasteiger partial charge < -0.3 is 10.1 Å². The molecule has 0 saturated carbocycles. The molecule has 0 radical (unpaired) electrons. The topological polar surface area (TPSA) is 73.2 Å². The van der Waals surface area contributed by atoms with E-state index in [-0.39, 0.29) is 24.2 Å². The zero-order valence-corrected chi connectivity index (χ0v) is 15.0. The molecular formula is C20H17F2N3O3. The van der Waals surface area contributed by atoms with Crippen molar-refractivity contribution in [1.82, 2.24) is 15.1 Å². The summed E-state index contributed by atoms with van der Waals surface area (Å²) in [4.78, 5) is 24.0. The number of amides is 1. The van der Waals surface area contributed by atoms with Gasteiger partial charge >= 0.3 is 0 Å². The van der Waals surface area contributed by atoms with Crippen LogP contribution in [0.4, 0.5) is 8.78 Å². The normalized spacial score (nSPS) is 10.5. The van der Waals surface area contributed by atoms with Gasteiger partial charge in [-0.1, -0.05) is 0 Å². The number of hydrogen-bond acceptors (Lipinski definition) is 4. The maximum absolute atomic E-state index is 13.6. The highest BCUT2D eigenvalue weighted by Gasteiger charge is 2.12. The third kappa shape index (κ3) is 4.40. The molecule has 0 bridgehead atoms. The summed E-state index contributed by atoms with van der Waals surface area (Å²) in [5.41, 5.74) is 0.776. The highest BCUT2D eigenvalue weighted by Crippen LogP contribution is 2.19. The lowest BCUT2D eigenvalue weighted by molar-refractivity contribution is 0.0947. The third-order valence-electron chi connectivity index (χ3n) is 4.04. The summed E-state index contributed by atoms with van der Waals surface area (Å²) in [5.74, 6) is -1.71. The number of hydrogen-bond donors (Lipinski definition) is 1. The van der Waals surface area contributed by atoms with Crippen LogP contribution in [0.1, 0.15) is 10.4 Å². The van der Waals surface area contributed by atoms with Crippen molar-refractivity contribution in [2.45, 2.75) is 6.54 Å². The highest BCUT2D eigenvalue weighted by molar-refractivity contribution is 5.94. The van der Waals surface area contributed by atoms with Gasteiger partial charge in [0.15, 0.2) is 0 Å². The maximum atomic E-state index is 13.6. The molecule has 6 nitrogen and oxygen atoms in total. The molecule has 0 aliphatic rings. The number of nitrogens with zero attached hydrogens (tertiary/aromatic N) is 2. The van der Waals surface area contributed by atoms with E-state index in [1.54, 1.807) is 25.3 Å². The number of rotatable bonds is 6. The first kappa shape index (κ1) is 19.2. The monoisotopic (exact) mass is 385 g/mol. The number of carbonyl (C=O) groups excluding carboxylic acids is 1. The molecule has 0 unspecified atom stereocenters. The molecule has 1 amide bonds. The van der Waals surface area contributed by atoms with Crippen molar-refractivity contribution in [1.29, 1.82) is 0 Å². The predicted octanol–water partition coefficient (Wildman–Crippen LogP) is 2.63. The minimum Gasteiger partial charge on any atom is -0.497 e. The van der Waals surface area contributed by atoms with Crippen LogP contribution in [0.2, 0.25) is 0 Å².